The van der Waals surface area contributed by atoms with Gasteiger partial charge >= 0.3 is 5.97 Å². The number of rotatable bonds is 3. The Labute approximate surface area is 121 Å². The van der Waals surface area contributed by atoms with Crippen LogP contribution in [-0.2, 0) is 4.74 Å². The first-order valence-electron chi connectivity index (χ1n) is 6.63. The first-order valence-corrected chi connectivity index (χ1v) is 6.63. The Hall–Kier alpha value is -2.82. The average Bonchev–Trinajstić information content (AvgIpc) is 2.88. The maximum Gasteiger partial charge on any atom is 0.355 e. The molecule has 0 unspecified atom stereocenters. The smallest absolute Gasteiger partial charge is 0.355 e. The second-order valence-electron chi connectivity index (χ2n) is 4.56. The Balaban J connectivity index is 2.24. The number of benzene rings is 1. The second-order valence-corrected chi connectivity index (χ2v) is 4.56. The van der Waals surface area contributed by atoms with Crippen LogP contribution in [0.25, 0.3) is 22.0 Å². The SMILES string of the molecule is CCOC(=O)c1[nH]c2cnccc2c1-c1ccc(O)cc1. The van der Waals surface area contributed by atoms with Gasteiger partial charge in [-0.3, -0.25) is 4.98 Å². The molecule has 5 nitrogen and oxygen atoms in total. The lowest BCUT2D eigenvalue weighted by Gasteiger charge is -2.05. The number of fused-ring (bicyclic) bond motifs is 1. The van der Waals surface area contributed by atoms with Gasteiger partial charge in [0.05, 0.1) is 18.3 Å². The molecule has 0 amide bonds. The van der Waals surface area contributed by atoms with E-state index in [1.165, 1.54) is 0 Å². The van der Waals surface area contributed by atoms with Gasteiger partial charge in [-0.15, -0.1) is 0 Å². The van der Waals surface area contributed by atoms with E-state index < -0.39 is 5.97 Å². The quantitative estimate of drug-likeness (QED) is 0.724. The lowest BCUT2D eigenvalue weighted by Crippen LogP contribution is -2.06. The number of hydrogen-bond donors (Lipinski definition) is 2. The summed E-state index contributed by atoms with van der Waals surface area (Å²) in [6.07, 6.45) is 3.34. The molecule has 0 bridgehead atoms. The third kappa shape index (κ3) is 2.33. The van der Waals surface area contributed by atoms with Crippen LogP contribution in [0.5, 0.6) is 5.75 Å². The third-order valence-corrected chi connectivity index (χ3v) is 3.24. The van der Waals surface area contributed by atoms with Crippen LogP contribution in [-0.4, -0.2) is 27.7 Å². The summed E-state index contributed by atoms with van der Waals surface area (Å²) in [4.78, 5) is 19.3. The summed E-state index contributed by atoms with van der Waals surface area (Å²) in [5.74, 6) is -0.227. The molecule has 0 saturated carbocycles. The molecule has 0 aliphatic rings. The van der Waals surface area contributed by atoms with Crippen molar-refractivity contribution in [2.75, 3.05) is 6.61 Å². The van der Waals surface area contributed by atoms with E-state index in [2.05, 4.69) is 9.97 Å². The number of pyridine rings is 1. The van der Waals surface area contributed by atoms with Gasteiger partial charge < -0.3 is 14.8 Å². The Bertz CT molecular complexity index is 791. The number of carbonyl (C=O) groups is 1. The molecule has 2 N–H and O–H groups in total. The topological polar surface area (TPSA) is 75.2 Å². The molecule has 3 rings (SSSR count). The zero-order valence-electron chi connectivity index (χ0n) is 11.5. The van der Waals surface area contributed by atoms with Crippen molar-refractivity contribution in [3.8, 4) is 16.9 Å². The van der Waals surface area contributed by atoms with Crippen LogP contribution in [0.3, 0.4) is 0 Å². The van der Waals surface area contributed by atoms with Crippen molar-refractivity contribution in [1.82, 2.24) is 9.97 Å². The van der Waals surface area contributed by atoms with Gasteiger partial charge in [0, 0.05) is 17.1 Å². The van der Waals surface area contributed by atoms with Crippen LogP contribution >= 0.6 is 0 Å². The number of phenols is 1. The number of hydrogen-bond acceptors (Lipinski definition) is 4. The Kier molecular flexibility index (Phi) is 3.31. The Morgan fingerprint density at radius 2 is 2.05 bits per heavy atom. The number of esters is 1. The van der Waals surface area contributed by atoms with Crippen LogP contribution < -0.4 is 0 Å². The molecule has 3 aromatic rings. The molecule has 2 heterocycles. The predicted octanol–water partition coefficient (Wildman–Crippen LogP) is 3.11. The van der Waals surface area contributed by atoms with Crippen molar-refractivity contribution in [3.63, 3.8) is 0 Å². The van der Waals surface area contributed by atoms with E-state index in [1.807, 2.05) is 6.07 Å². The van der Waals surface area contributed by atoms with Gasteiger partial charge in [0.2, 0.25) is 0 Å². The van der Waals surface area contributed by atoms with E-state index >= 15 is 0 Å². The van der Waals surface area contributed by atoms with Gasteiger partial charge in [0.25, 0.3) is 0 Å². The monoisotopic (exact) mass is 282 g/mol. The Morgan fingerprint density at radius 3 is 2.76 bits per heavy atom. The van der Waals surface area contributed by atoms with Crippen LogP contribution in [0.2, 0.25) is 0 Å². The molecular weight excluding hydrogens is 268 g/mol. The van der Waals surface area contributed by atoms with Gasteiger partial charge in [0.15, 0.2) is 0 Å². The van der Waals surface area contributed by atoms with E-state index in [-0.39, 0.29) is 5.75 Å². The van der Waals surface area contributed by atoms with Gasteiger partial charge in [-0.25, -0.2) is 4.79 Å². The van der Waals surface area contributed by atoms with Crippen molar-refractivity contribution >= 4 is 16.9 Å². The molecule has 2 aromatic heterocycles. The number of aromatic hydroxyl groups is 1. The van der Waals surface area contributed by atoms with Crippen molar-refractivity contribution in [2.45, 2.75) is 6.92 Å². The summed E-state index contributed by atoms with van der Waals surface area (Å²) in [5, 5.41) is 10.3. The van der Waals surface area contributed by atoms with Crippen LogP contribution in [0.1, 0.15) is 17.4 Å². The molecule has 21 heavy (non-hydrogen) atoms. The van der Waals surface area contributed by atoms with Gasteiger partial charge in [-0.05, 0) is 30.7 Å². The highest BCUT2D eigenvalue weighted by molar-refractivity contribution is 6.07. The van der Waals surface area contributed by atoms with Crippen molar-refractivity contribution < 1.29 is 14.6 Å². The number of phenolic OH excluding ortho intramolecular Hbond substituents is 1. The van der Waals surface area contributed by atoms with Gasteiger partial charge in [0.1, 0.15) is 11.4 Å². The first-order chi connectivity index (χ1) is 10.2. The summed E-state index contributed by atoms with van der Waals surface area (Å²) >= 11 is 0. The average molecular weight is 282 g/mol. The molecule has 0 radical (unpaired) electrons. The van der Waals surface area contributed by atoms with Gasteiger partial charge in [-0.2, -0.15) is 0 Å². The fraction of sp³-hybridized carbons (Fsp3) is 0.125. The van der Waals surface area contributed by atoms with Crippen LogP contribution in [0.15, 0.2) is 42.7 Å². The minimum atomic E-state index is -0.406. The summed E-state index contributed by atoms with van der Waals surface area (Å²) in [6.45, 7) is 2.07. The fourth-order valence-corrected chi connectivity index (χ4v) is 2.33. The maximum atomic E-state index is 12.2. The highest BCUT2D eigenvalue weighted by atomic mass is 16.5. The van der Waals surface area contributed by atoms with Crippen LogP contribution in [0.4, 0.5) is 0 Å². The minimum absolute atomic E-state index is 0.179. The largest absolute Gasteiger partial charge is 0.508 e. The summed E-state index contributed by atoms with van der Waals surface area (Å²) in [6, 6.07) is 8.55. The molecule has 106 valence electrons. The molecule has 0 spiro atoms. The Morgan fingerprint density at radius 1 is 1.29 bits per heavy atom. The highest BCUT2D eigenvalue weighted by Gasteiger charge is 2.20. The lowest BCUT2D eigenvalue weighted by molar-refractivity contribution is 0.0521. The molecule has 0 atom stereocenters. The zero-order valence-corrected chi connectivity index (χ0v) is 11.5. The molecule has 0 aliphatic heterocycles. The maximum absolute atomic E-state index is 12.2. The third-order valence-electron chi connectivity index (χ3n) is 3.24. The molecule has 5 heteroatoms. The number of aromatic nitrogens is 2. The van der Waals surface area contributed by atoms with Crippen molar-refractivity contribution in [2.24, 2.45) is 0 Å². The normalized spacial score (nSPS) is 10.7. The van der Waals surface area contributed by atoms with E-state index in [1.54, 1.807) is 43.6 Å². The summed E-state index contributed by atoms with van der Waals surface area (Å²) in [5.41, 5.74) is 2.74. The van der Waals surface area contributed by atoms with E-state index in [9.17, 15) is 9.90 Å². The van der Waals surface area contributed by atoms with Crippen molar-refractivity contribution in [3.05, 3.63) is 48.4 Å². The lowest BCUT2D eigenvalue weighted by atomic mass is 10.0. The first kappa shape index (κ1) is 13.2. The molecule has 0 fully saturated rings. The highest BCUT2D eigenvalue weighted by Crippen LogP contribution is 2.33. The summed E-state index contributed by atoms with van der Waals surface area (Å²) in [7, 11) is 0. The van der Waals surface area contributed by atoms with Gasteiger partial charge in [-0.1, -0.05) is 12.1 Å². The van der Waals surface area contributed by atoms with E-state index in [4.69, 9.17) is 4.74 Å². The molecule has 1 aromatic carbocycles. The molecular formula is C16H14N2O3. The number of carbonyl (C=O) groups excluding carboxylic acids is 1. The van der Waals surface area contributed by atoms with E-state index in [0.717, 1.165) is 22.0 Å². The number of ether oxygens (including phenoxy) is 1. The number of H-pyrrole nitrogens is 1. The number of aromatic amines is 1. The van der Waals surface area contributed by atoms with E-state index in [0.29, 0.717) is 12.3 Å². The predicted molar refractivity (Wildman–Crippen MR) is 79.2 cm³/mol. The second kappa shape index (κ2) is 5.28. The zero-order chi connectivity index (χ0) is 14.8. The minimum Gasteiger partial charge on any atom is -0.508 e. The van der Waals surface area contributed by atoms with Crippen molar-refractivity contribution in [1.29, 1.82) is 0 Å². The number of nitrogens with zero attached hydrogens (tertiary/aromatic N) is 1. The molecule has 0 saturated heterocycles. The van der Waals surface area contributed by atoms with Crippen LogP contribution in [0, 0.1) is 0 Å². The fourth-order valence-electron chi connectivity index (χ4n) is 2.33. The summed E-state index contributed by atoms with van der Waals surface area (Å²) < 4.78 is 5.10. The molecule has 0 aliphatic carbocycles. The standard InChI is InChI=1S/C16H14N2O3/c1-2-21-16(20)15-14(10-3-5-11(19)6-4-10)12-7-8-17-9-13(12)18-15/h3-9,18-19H,2H2,1H3. The number of nitrogens with one attached hydrogen (secondary N) is 1.